The zero-order valence-corrected chi connectivity index (χ0v) is 22.4. The molecule has 0 bridgehead atoms. The molecule has 1 aromatic heterocycles. The van der Waals surface area contributed by atoms with Crippen molar-refractivity contribution in [2.45, 2.75) is 42.4 Å². The summed E-state index contributed by atoms with van der Waals surface area (Å²) in [6.07, 6.45) is 6.29. The predicted molar refractivity (Wildman–Crippen MR) is 151 cm³/mol. The van der Waals surface area contributed by atoms with E-state index in [1.54, 1.807) is 18.2 Å². The molecule has 1 aliphatic carbocycles. The number of amides is 2. The van der Waals surface area contributed by atoms with Crippen LogP contribution >= 0.6 is 23.1 Å². The van der Waals surface area contributed by atoms with Crippen molar-refractivity contribution in [2.75, 3.05) is 10.7 Å². The fraction of sp³-hybridized carbons (Fsp3) is 0.241. The minimum absolute atomic E-state index is 0.0140. The van der Waals surface area contributed by atoms with E-state index in [1.165, 1.54) is 79.0 Å². The number of rotatable bonds is 7. The zero-order valence-electron chi connectivity index (χ0n) is 20.8. The summed E-state index contributed by atoms with van der Waals surface area (Å²) < 4.78 is 1.44. The monoisotopic (exact) mass is 557 g/mol. The topological polar surface area (TPSA) is 110 Å². The second kappa shape index (κ2) is 10.3. The van der Waals surface area contributed by atoms with Gasteiger partial charge in [0.25, 0.3) is 17.5 Å². The number of benzene rings is 3. The van der Waals surface area contributed by atoms with Gasteiger partial charge in [-0.25, -0.2) is 9.88 Å². The van der Waals surface area contributed by atoms with Gasteiger partial charge in [0.05, 0.1) is 32.1 Å². The van der Waals surface area contributed by atoms with Crippen LogP contribution < -0.4 is 4.90 Å². The molecule has 3 aromatic carbocycles. The van der Waals surface area contributed by atoms with Gasteiger partial charge in [-0.05, 0) is 48.6 Å². The molecule has 2 aliphatic rings. The first-order valence-electron chi connectivity index (χ1n) is 12.7. The summed E-state index contributed by atoms with van der Waals surface area (Å²) in [7, 11) is 0. The molecule has 6 rings (SSSR count). The molecule has 0 N–H and O–H groups in total. The Bertz CT molecular complexity index is 1640. The molecule has 1 fully saturated rings. The standard InChI is InChI=1S/C29H23N3O5S2/c33-24(19-11-9-18(10-12-19)17-5-2-1-3-6-17)16-38-29-30-22-14-13-20(15-25(22)39-29)31-27(34)21-7-4-8-23(32(36)37)26(21)28(31)35/h4,7-15,17H,1-3,5-6,16H2. The molecule has 4 aromatic rings. The predicted octanol–water partition coefficient (Wildman–Crippen LogP) is 7.03. The number of nitro groups is 1. The third kappa shape index (κ3) is 4.74. The first kappa shape index (κ1) is 25.4. The van der Waals surface area contributed by atoms with E-state index in [0.29, 0.717) is 27.0 Å². The van der Waals surface area contributed by atoms with Gasteiger partial charge in [-0.15, -0.1) is 11.3 Å². The Labute approximate surface area is 232 Å². The number of carbonyl (C=O) groups is 3. The third-order valence-corrected chi connectivity index (χ3v) is 9.50. The van der Waals surface area contributed by atoms with Crippen molar-refractivity contribution in [1.29, 1.82) is 0 Å². The molecule has 0 radical (unpaired) electrons. The molecule has 2 heterocycles. The summed E-state index contributed by atoms with van der Waals surface area (Å²) >= 11 is 2.72. The Morgan fingerprint density at radius 3 is 2.54 bits per heavy atom. The Hall–Kier alpha value is -3.89. The lowest BCUT2D eigenvalue weighted by atomic mass is 9.84. The summed E-state index contributed by atoms with van der Waals surface area (Å²) in [5, 5.41) is 11.4. The number of anilines is 1. The summed E-state index contributed by atoms with van der Waals surface area (Å²) in [4.78, 5) is 55.1. The van der Waals surface area contributed by atoms with E-state index in [0.717, 1.165) is 9.60 Å². The average Bonchev–Trinajstić information content (AvgIpc) is 3.49. The largest absolute Gasteiger partial charge is 0.293 e. The van der Waals surface area contributed by atoms with E-state index >= 15 is 0 Å². The highest BCUT2D eigenvalue weighted by molar-refractivity contribution is 8.01. The van der Waals surface area contributed by atoms with Gasteiger partial charge in [0.2, 0.25) is 0 Å². The lowest BCUT2D eigenvalue weighted by Crippen LogP contribution is -2.29. The molecular weight excluding hydrogens is 534 g/mol. The molecule has 0 atom stereocenters. The number of hydrogen-bond acceptors (Lipinski definition) is 8. The van der Waals surface area contributed by atoms with E-state index in [1.807, 2.05) is 12.1 Å². The van der Waals surface area contributed by atoms with Crippen molar-refractivity contribution in [3.8, 4) is 0 Å². The van der Waals surface area contributed by atoms with Crippen molar-refractivity contribution >= 4 is 62.3 Å². The highest BCUT2D eigenvalue weighted by Gasteiger charge is 2.41. The molecule has 10 heteroatoms. The molecule has 1 saturated carbocycles. The highest BCUT2D eigenvalue weighted by Crippen LogP contribution is 2.37. The first-order chi connectivity index (χ1) is 18.9. The lowest BCUT2D eigenvalue weighted by Gasteiger charge is -2.22. The summed E-state index contributed by atoms with van der Waals surface area (Å²) in [6.45, 7) is 0. The Kier molecular flexibility index (Phi) is 6.74. The van der Waals surface area contributed by atoms with Crippen molar-refractivity contribution in [3.05, 3.63) is 93.0 Å². The molecule has 1 aliphatic heterocycles. The van der Waals surface area contributed by atoms with Crippen LogP contribution in [0.3, 0.4) is 0 Å². The van der Waals surface area contributed by atoms with E-state index in [9.17, 15) is 24.5 Å². The quantitative estimate of drug-likeness (QED) is 0.0789. The van der Waals surface area contributed by atoms with Crippen LogP contribution in [0.4, 0.5) is 11.4 Å². The number of carbonyl (C=O) groups excluding carboxylic acids is 3. The normalized spacial score (nSPS) is 15.6. The third-order valence-electron chi connectivity index (χ3n) is 7.34. The van der Waals surface area contributed by atoms with Gasteiger partial charge < -0.3 is 0 Å². The van der Waals surface area contributed by atoms with Gasteiger partial charge in [0.1, 0.15) is 5.56 Å². The average molecular weight is 558 g/mol. The second-order valence-electron chi connectivity index (χ2n) is 9.70. The van der Waals surface area contributed by atoms with Crippen molar-refractivity contribution in [2.24, 2.45) is 0 Å². The molecule has 39 heavy (non-hydrogen) atoms. The lowest BCUT2D eigenvalue weighted by molar-refractivity contribution is -0.385. The Balaban J connectivity index is 1.16. The van der Waals surface area contributed by atoms with Crippen LogP contribution in [0.25, 0.3) is 10.2 Å². The molecular formula is C29H23N3O5S2. The first-order valence-corrected chi connectivity index (χ1v) is 14.5. The maximum absolute atomic E-state index is 13.0. The zero-order chi connectivity index (χ0) is 27.1. The number of Topliss-reactive ketones (excluding diaryl/α,β-unsaturated/α-hetero) is 1. The number of aromatic nitrogens is 1. The van der Waals surface area contributed by atoms with Crippen LogP contribution in [0.15, 0.2) is 65.0 Å². The SMILES string of the molecule is O=C(CSc1nc2ccc(N3C(=O)c4cccc([N+](=O)[O-])c4C3=O)cc2s1)c1ccc(C2CCCCC2)cc1. The Morgan fingerprint density at radius 2 is 1.79 bits per heavy atom. The number of nitrogens with zero attached hydrogens (tertiary/aromatic N) is 3. The minimum atomic E-state index is -0.721. The van der Waals surface area contributed by atoms with E-state index in [-0.39, 0.29) is 28.4 Å². The van der Waals surface area contributed by atoms with Gasteiger partial charge in [-0.2, -0.15) is 0 Å². The van der Waals surface area contributed by atoms with Gasteiger partial charge in [0, 0.05) is 11.6 Å². The summed E-state index contributed by atoms with van der Waals surface area (Å²) in [5.74, 6) is -0.446. The smallest absolute Gasteiger partial charge is 0.283 e. The number of thioether (sulfide) groups is 1. The fourth-order valence-electron chi connectivity index (χ4n) is 5.33. The maximum Gasteiger partial charge on any atom is 0.283 e. The molecule has 196 valence electrons. The van der Waals surface area contributed by atoms with E-state index < -0.39 is 16.7 Å². The van der Waals surface area contributed by atoms with Crippen molar-refractivity contribution in [3.63, 3.8) is 0 Å². The van der Waals surface area contributed by atoms with E-state index in [2.05, 4.69) is 17.1 Å². The summed E-state index contributed by atoms with van der Waals surface area (Å²) in [5.41, 5.74) is 2.42. The van der Waals surface area contributed by atoms with Crippen molar-refractivity contribution < 1.29 is 19.3 Å². The summed E-state index contributed by atoms with van der Waals surface area (Å²) in [6, 6.07) is 17.0. The van der Waals surface area contributed by atoms with E-state index in [4.69, 9.17) is 0 Å². The maximum atomic E-state index is 13.0. The molecule has 0 unspecified atom stereocenters. The van der Waals surface area contributed by atoms with Gasteiger partial charge in [-0.3, -0.25) is 24.5 Å². The highest BCUT2D eigenvalue weighted by atomic mass is 32.2. The van der Waals surface area contributed by atoms with Crippen molar-refractivity contribution in [1.82, 2.24) is 4.98 Å². The Morgan fingerprint density at radius 1 is 1.03 bits per heavy atom. The van der Waals surface area contributed by atoms with Crippen LogP contribution in [0, 0.1) is 10.1 Å². The molecule has 0 spiro atoms. The number of ketones is 1. The number of fused-ring (bicyclic) bond motifs is 2. The second-order valence-corrected chi connectivity index (χ2v) is 12.0. The number of nitro benzene ring substituents is 1. The number of imide groups is 1. The van der Waals surface area contributed by atoms with Crippen LogP contribution in [0.2, 0.25) is 0 Å². The van der Waals surface area contributed by atoms with Gasteiger partial charge >= 0.3 is 0 Å². The molecule has 2 amide bonds. The fourth-order valence-corrected chi connectivity index (χ4v) is 7.33. The number of thiazole rings is 1. The van der Waals surface area contributed by atoms with Gasteiger partial charge in [0.15, 0.2) is 10.1 Å². The van der Waals surface area contributed by atoms with Crippen LogP contribution in [-0.2, 0) is 0 Å². The number of hydrogen-bond donors (Lipinski definition) is 0. The van der Waals surface area contributed by atoms with Crippen LogP contribution in [-0.4, -0.2) is 33.3 Å². The van der Waals surface area contributed by atoms with Crippen LogP contribution in [0.1, 0.15) is 74.7 Å². The minimum Gasteiger partial charge on any atom is -0.293 e. The molecule has 8 nitrogen and oxygen atoms in total. The van der Waals surface area contributed by atoms with Gasteiger partial charge in [-0.1, -0.05) is 61.4 Å². The van der Waals surface area contributed by atoms with Crippen LogP contribution in [0.5, 0.6) is 0 Å². The molecule has 0 saturated heterocycles.